The van der Waals surface area contributed by atoms with Crippen molar-refractivity contribution in [1.29, 1.82) is 0 Å². The molecule has 0 atom stereocenters. The van der Waals surface area contributed by atoms with Gasteiger partial charge in [-0.25, -0.2) is 9.78 Å². The molecule has 2 aromatic carbocycles. The van der Waals surface area contributed by atoms with Crippen LogP contribution in [-0.2, 0) is 19.6 Å². The number of halogens is 1. The number of benzene rings is 2. The van der Waals surface area contributed by atoms with E-state index in [0.29, 0.717) is 47.4 Å². The fraction of sp³-hybridized carbons (Fsp3) is 0.375. The van der Waals surface area contributed by atoms with Crippen molar-refractivity contribution in [3.05, 3.63) is 73.6 Å². The van der Waals surface area contributed by atoms with Gasteiger partial charge in [0.25, 0.3) is 5.56 Å². The topological polar surface area (TPSA) is 61.8 Å². The summed E-state index contributed by atoms with van der Waals surface area (Å²) in [5.74, 6) is 0.953. The SMILES string of the molecule is O=c1c2c(nc(Br)n2Cc2ccc3ccccc3c2)n(CC2CC2)c(=O)n1CC1CC1. The number of fused-ring (bicyclic) bond motifs is 2. The van der Waals surface area contributed by atoms with E-state index in [-0.39, 0.29) is 11.2 Å². The van der Waals surface area contributed by atoms with E-state index >= 15 is 0 Å². The number of nitrogens with zero attached hydrogens (tertiary/aromatic N) is 4. The van der Waals surface area contributed by atoms with Crippen molar-refractivity contribution in [1.82, 2.24) is 18.7 Å². The summed E-state index contributed by atoms with van der Waals surface area (Å²) in [4.78, 5) is 31.3. The van der Waals surface area contributed by atoms with Crippen LogP contribution in [0.2, 0.25) is 0 Å². The van der Waals surface area contributed by atoms with Crippen LogP contribution in [0.15, 0.2) is 56.8 Å². The molecule has 7 heteroatoms. The predicted molar refractivity (Wildman–Crippen MR) is 124 cm³/mol. The third-order valence-electron chi connectivity index (χ3n) is 6.50. The number of hydrogen-bond donors (Lipinski definition) is 0. The molecule has 0 aliphatic heterocycles. The van der Waals surface area contributed by atoms with Gasteiger partial charge < -0.3 is 4.57 Å². The van der Waals surface area contributed by atoms with Crippen LogP contribution in [-0.4, -0.2) is 18.7 Å². The van der Waals surface area contributed by atoms with E-state index in [1.54, 1.807) is 4.57 Å². The summed E-state index contributed by atoms with van der Waals surface area (Å²) < 4.78 is 5.68. The lowest BCUT2D eigenvalue weighted by Gasteiger charge is -2.12. The second-order valence-electron chi connectivity index (χ2n) is 9.02. The molecule has 0 bridgehead atoms. The molecule has 2 fully saturated rings. The predicted octanol–water partition coefficient (Wildman–Crippen LogP) is 4.14. The molecule has 0 radical (unpaired) electrons. The number of hydrogen-bond acceptors (Lipinski definition) is 3. The lowest BCUT2D eigenvalue weighted by Crippen LogP contribution is -2.41. The summed E-state index contributed by atoms with van der Waals surface area (Å²) in [5.41, 5.74) is 1.67. The average molecular weight is 479 g/mol. The van der Waals surface area contributed by atoms with Crippen LogP contribution in [0.4, 0.5) is 0 Å². The molecule has 2 aromatic heterocycles. The van der Waals surface area contributed by atoms with Gasteiger partial charge in [-0.05, 0) is 75.9 Å². The molecule has 158 valence electrons. The van der Waals surface area contributed by atoms with Crippen molar-refractivity contribution in [2.45, 2.75) is 45.3 Å². The molecule has 6 nitrogen and oxygen atoms in total. The van der Waals surface area contributed by atoms with E-state index in [0.717, 1.165) is 36.6 Å². The second-order valence-corrected chi connectivity index (χ2v) is 9.73. The Bertz CT molecular complexity index is 1440. The number of aromatic nitrogens is 4. The zero-order chi connectivity index (χ0) is 21.1. The third kappa shape index (κ3) is 3.45. The monoisotopic (exact) mass is 478 g/mol. The highest BCUT2D eigenvalue weighted by Crippen LogP contribution is 2.32. The summed E-state index contributed by atoms with van der Waals surface area (Å²) in [5, 5.41) is 2.35. The van der Waals surface area contributed by atoms with Gasteiger partial charge in [-0.2, -0.15) is 0 Å². The van der Waals surface area contributed by atoms with Crippen LogP contribution in [0.3, 0.4) is 0 Å². The smallest absolute Gasteiger partial charge is 0.308 e. The minimum atomic E-state index is -0.224. The van der Waals surface area contributed by atoms with Crippen molar-refractivity contribution >= 4 is 37.9 Å². The van der Waals surface area contributed by atoms with Gasteiger partial charge in [-0.15, -0.1) is 0 Å². The molecule has 2 saturated carbocycles. The van der Waals surface area contributed by atoms with Gasteiger partial charge in [0.15, 0.2) is 15.9 Å². The van der Waals surface area contributed by atoms with E-state index in [1.165, 1.54) is 9.95 Å². The lowest BCUT2D eigenvalue weighted by atomic mass is 10.1. The Morgan fingerprint density at radius 1 is 0.871 bits per heavy atom. The van der Waals surface area contributed by atoms with E-state index < -0.39 is 0 Å². The van der Waals surface area contributed by atoms with Crippen LogP contribution in [0.5, 0.6) is 0 Å². The summed E-state index contributed by atoms with van der Waals surface area (Å²) in [6.07, 6.45) is 4.45. The van der Waals surface area contributed by atoms with Crippen molar-refractivity contribution < 1.29 is 0 Å². The first-order chi connectivity index (χ1) is 15.1. The van der Waals surface area contributed by atoms with Crippen molar-refractivity contribution in [3.8, 4) is 0 Å². The molecule has 0 saturated heterocycles. The maximum absolute atomic E-state index is 13.5. The van der Waals surface area contributed by atoms with E-state index in [9.17, 15) is 9.59 Å². The van der Waals surface area contributed by atoms with Crippen molar-refractivity contribution in [2.24, 2.45) is 11.8 Å². The minimum Gasteiger partial charge on any atom is -0.308 e. The van der Waals surface area contributed by atoms with Crippen molar-refractivity contribution in [3.63, 3.8) is 0 Å². The number of rotatable bonds is 6. The molecule has 0 spiro atoms. The molecule has 0 unspecified atom stereocenters. The van der Waals surface area contributed by atoms with Gasteiger partial charge in [-0.1, -0.05) is 36.4 Å². The van der Waals surface area contributed by atoms with Gasteiger partial charge in [0.2, 0.25) is 0 Å². The molecule has 6 rings (SSSR count). The molecule has 31 heavy (non-hydrogen) atoms. The summed E-state index contributed by atoms with van der Waals surface area (Å²) in [7, 11) is 0. The first kappa shape index (κ1) is 19.0. The van der Waals surface area contributed by atoms with Gasteiger partial charge in [0.1, 0.15) is 0 Å². The fourth-order valence-electron chi connectivity index (χ4n) is 4.37. The lowest BCUT2D eigenvalue weighted by molar-refractivity contribution is 0.519. The van der Waals surface area contributed by atoms with Gasteiger partial charge in [0, 0.05) is 13.1 Å². The van der Waals surface area contributed by atoms with Crippen LogP contribution in [0.25, 0.3) is 21.9 Å². The largest absolute Gasteiger partial charge is 0.332 e. The van der Waals surface area contributed by atoms with Gasteiger partial charge >= 0.3 is 5.69 Å². The van der Waals surface area contributed by atoms with Crippen LogP contribution in [0.1, 0.15) is 31.2 Å². The second kappa shape index (κ2) is 7.19. The fourth-order valence-corrected chi connectivity index (χ4v) is 4.84. The number of imidazole rings is 1. The molecular weight excluding hydrogens is 456 g/mol. The molecule has 0 N–H and O–H groups in total. The van der Waals surface area contributed by atoms with Crippen LogP contribution < -0.4 is 11.2 Å². The highest BCUT2D eigenvalue weighted by atomic mass is 79.9. The zero-order valence-electron chi connectivity index (χ0n) is 17.1. The van der Waals surface area contributed by atoms with E-state index in [4.69, 9.17) is 0 Å². The van der Waals surface area contributed by atoms with Gasteiger partial charge in [0.05, 0.1) is 6.54 Å². The first-order valence-electron chi connectivity index (χ1n) is 11.0. The molecule has 2 aliphatic rings. The Hall–Kier alpha value is -2.67. The standard InChI is InChI=1S/C24H23BrN4O2/c25-23-26-21-20(27(23)14-17-9-10-18-3-1-2-4-19(18)11-17)22(30)29(13-16-7-8-16)24(31)28(21)12-15-5-6-15/h1-4,9-11,15-16H,5-8,12-14H2. The Morgan fingerprint density at radius 2 is 1.55 bits per heavy atom. The normalized spacial score (nSPS) is 16.4. The Labute approximate surface area is 187 Å². The Balaban J connectivity index is 1.52. The Morgan fingerprint density at radius 3 is 2.26 bits per heavy atom. The quantitative estimate of drug-likeness (QED) is 0.391. The van der Waals surface area contributed by atoms with Crippen LogP contribution >= 0.6 is 15.9 Å². The Kier molecular flexibility index (Phi) is 4.42. The minimum absolute atomic E-state index is 0.209. The van der Waals surface area contributed by atoms with Crippen LogP contribution in [0, 0.1) is 11.8 Å². The average Bonchev–Trinajstić information content (AvgIpc) is 3.69. The van der Waals surface area contributed by atoms with E-state index in [1.807, 2.05) is 16.7 Å². The molecular formula is C24H23BrN4O2. The molecule has 0 amide bonds. The summed E-state index contributed by atoms with van der Waals surface area (Å²) in [6, 6.07) is 14.6. The summed E-state index contributed by atoms with van der Waals surface area (Å²) in [6.45, 7) is 1.67. The maximum atomic E-state index is 13.5. The third-order valence-corrected chi connectivity index (χ3v) is 7.10. The highest BCUT2D eigenvalue weighted by molar-refractivity contribution is 9.10. The first-order valence-corrected chi connectivity index (χ1v) is 11.7. The van der Waals surface area contributed by atoms with Crippen molar-refractivity contribution in [2.75, 3.05) is 0 Å². The zero-order valence-corrected chi connectivity index (χ0v) is 18.7. The highest BCUT2D eigenvalue weighted by Gasteiger charge is 2.29. The van der Waals surface area contributed by atoms with E-state index in [2.05, 4.69) is 51.2 Å². The van der Waals surface area contributed by atoms with Gasteiger partial charge in [-0.3, -0.25) is 13.9 Å². The molecule has 2 aliphatic carbocycles. The maximum Gasteiger partial charge on any atom is 0.332 e. The molecule has 4 aromatic rings. The molecule has 2 heterocycles. The summed E-state index contributed by atoms with van der Waals surface area (Å²) >= 11 is 3.57.